The Morgan fingerprint density at radius 1 is 1.50 bits per heavy atom. The van der Waals surface area contributed by atoms with Crippen LogP contribution in [-0.2, 0) is 9.53 Å². The molecule has 0 aromatic heterocycles. The Labute approximate surface area is 97.2 Å². The first kappa shape index (κ1) is 13.5. The molecule has 3 N–H and O–H groups in total. The molecule has 1 aliphatic carbocycles. The summed E-state index contributed by atoms with van der Waals surface area (Å²) in [6.45, 7) is 2.42. The number of aliphatic hydroxyl groups is 1. The average Bonchev–Trinajstić information content (AvgIpc) is 2.30. The van der Waals surface area contributed by atoms with E-state index in [1.54, 1.807) is 0 Å². The second-order valence-corrected chi connectivity index (χ2v) is 4.52. The molecular weight excluding hydrogens is 206 g/mol. The molecule has 0 amide bonds. The molecule has 0 aromatic rings. The minimum absolute atomic E-state index is 0.00123. The van der Waals surface area contributed by atoms with Crippen molar-refractivity contribution in [1.82, 2.24) is 0 Å². The number of carbonyl (C=O) groups is 1. The first-order chi connectivity index (χ1) is 7.69. The van der Waals surface area contributed by atoms with Crippen LogP contribution in [0.1, 0.15) is 45.4 Å². The quantitative estimate of drug-likeness (QED) is 0.695. The number of aliphatic hydroxyl groups excluding tert-OH is 1. The highest BCUT2D eigenvalue weighted by Gasteiger charge is 2.28. The highest BCUT2D eigenvalue weighted by atomic mass is 16.6. The molecule has 0 heterocycles. The van der Waals surface area contributed by atoms with Crippen LogP contribution < -0.4 is 5.73 Å². The Morgan fingerprint density at radius 3 is 2.81 bits per heavy atom. The van der Waals surface area contributed by atoms with Crippen LogP contribution in [0.25, 0.3) is 0 Å². The number of rotatable bonds is 5. The van der Waals surface area contributed by atoms with Gasteiger partial charge in [0.25, 0.3) is 0 Å². The van der Waals surface area contributed by atoms with Crippen molar-refractivity contribution in [3.8, 4) is 0 Å². The van der Waals surface area contributed by atoms with Crippen molar-refractivity contribution in [2.45, 2.75) is 57.7 Å². The molecule has 1 fully saturated rings. The standard InChI is InChI=1S/C12H23NO3/c1-2-9-5-3-4-6-11(9)16-12(15)10(14)7-8-13/h9-11,14H,2-8,13H2,1H3/t9?,10-,11?/m0/s1. The summed E-state index contributed by atoms with van der Waals surface area (Å²) in [7, 11) is 0. The lowest BCUT2D eigenvalue weighted by Crippen LogP contribution is -2.35. The molecule has 3 atom stereocenters. The van der Waals surface area contributed by atoms with E-state index in [0.717, 1.165) is 25.7 Å². The molecule has 0 aromatic carbocycles. The Hall–Kier alpha value is -0.610. The molecule has 0 bridgehead atoms. The maximum atomic E-state index is 11.5. The Kier molecular flexibility index (Phi) is 5.77. The molecule has 0 spiro atoms. The molecule has 4 nitrogen and oxygen atoms in total. The maximum absolute atomic E-state index is 11.5. The number of hydrogen-bond acceptors (Lipinski definition) is 4. The minimum Gasteiger partial charge on any atom is -0.460 e. The van der Waals surface area contributed by atoms with Gasteiger partial charge in [-0.05, 0) is 44.6 Å². The fourth-order valence-electron chi connectivity index (χ4n) is 2.30. The normalized spacial score (nSPS) is 27.4. The summed E-state index contributed by atoms with van der Waals surface area (Å²) >= 11 is 0. The highest BCUT2D eigenvalue weighted by Crippen LogP contribution is 2.29. The van der Waals surface area contributed by atoms with Crippen LogP contribution in [0.5, 0.6) is 0 Å². The molecule has 0 radical (unpaired) electrons. The zero-order valence-electron chi connectivity index (χ0n) is 10.0. The third-order valence-electron chi connectivity index (χ3n) is 3.34. The summed E-state index contributed by atoms with van der Waals surface area (Å²) in [6.07, 6.45) is 4.65. The van der Waals surface area contributed by atoms with Gasteiger partial charge < -0.3 is 15.6 Å². The van der Waals surface area contributed by atoms with Gasteiger partial charge in [0.15, 0.2) is 6.10 Å². The van der Waals surface area contributed by atoms with E-state index in [1.165, 1.54) is 6.42 Å². The van der Waals surface area contributed by atoms with Gasteiger partial charge in [-0.25, -0.2) is 4.79 Å². The average molecular weight is 229 g/mol. The number of carbonyl (C=O) groups excluding carboxylic acids is 1. The lowest BCUT2D eigenvalue weighted by molar-refractivity contribution is -0.164. The topological polar surface area (TPSA) is 72.5 Å². The molecule has 0 saturated heterocycles. The van der Waals surface area contributed by atoms with Crippen LogP contribution in [0.2, 0.25) is 0 Å². The van der Waals surface area contributed by atoms with Gasteiger partial charge in [-0.3, -0.25) is 0 Å². The van der Waals surface area contributed by atoms with Gasteiger partial charge in [0.05, 0.1) is 0 Å². The van der Waals surface area contributed by atoms with Gasteiger partial charge in [0.2, 0.25) is 0 Å². The second-order valence-electron chi connectivity index (χ2n) is 4.52. The first-order valence-corrected chi connectivity index (χ1v) is 6.27. The van der Waals surface area contributed by atoms with E-state index in [9.17, 15) is 9.90 Å². The van der Waals surface area contributed by atoms with Crippen LogP contribution >= 0.6 is 0 Å². The van der Waals surface area contributed by atoms with Gasteiger partial charge in [-0.15, -0.1) is 0 Å². The van der Waals surface area contributed by atoms with Crippen LogP contribution in [0.4, 0.5) is 0 Å². The van der Waals surface area contributed by atoms with Crippen molar-refractivity contribution in [2.24, 2.45) is 11.7 Å². The smallest absolute Gasteiger partial charge is 0.335 e. The summed E-state index contributed by atoms with van der Waals surface area (Å²) in [4.78, 5) is 11.5. The van der Waals surface area contributed by atoms with Crippen molar-refractivity contribution in [2.75, 3.05) is 6.54 Å². The summed E-state index contributed by atoms with van der Waals surface area (Å²) < 4.78 is 5.36. The van der Waals surface area contributed by atoms with Crippen LogP contribution in [0.3, 0.4) is 0 Å². The highest BCUT2D eigenvalue weighted by molar-refractivity contribution is 5.74. The second kappa shape index (κ2) is 6.86. The molecule has 94 valence electrons. The predicted molar refractivity (Wildman–Crippen MR) is 61.8 cm³/mol. The van der Waals surface area contributed by atoms with E-state index in [-0.39, 0.29) is 12.5 Å². The SMILES string of the molecule is CCC1CCCCC1OC(=O)[C@@H](O)CCN. The molecular formula is C12H23NO3. The van der Waals surface area contributed by atoms with Crippen LogP contribution in [0.15, 0.2) is 0 Å². The van der Waals surface area contributed by atoms with E-state index >= 15 is 0 Å². The van der Waals surface area contributed by atoms with E-state index in [1.807, 2.05) is 0 Å². The first-order valence-electron chi connectivity index (χ1n) is 6.27. The molecule has 2 unspecified atom stereocenters. The van der Waals surface area contributed by atoms with Crippen LogP contribution in [-0.4, -0.2) is 29.8 Å². The molecule has 1 saturated carbocycles. The zero-order chi connectivity index (χ0) is 12.0. The third-order valence-corrected chi connectivity index (χ3v) is 3.34. The zero-order valence-corrected chi connectivity index (χ0v) is 10.0. The summed E-state index contributed by atoms with van der Waals surface area (Å²) in [5.41, 5.74) is 5.29. The summed E-state index contributed by atoms with van der Waals surface area (Å²) in [5.74, 6) is -0.0430. The minimum atomic E-state index is -1.05. The predicted octanol–water partition coefficient (Wildman–Crippen LogP) is 1.21. The van der Waals surface area contributed by atoms with Gasteiger partial charge in [0, 0.05) is 0 Å². The monoisotopic (exact) mass is 229 g/mol. The fraction of sp³-hybridized carbons (Fsp3) is 0.917. The molecule has 1 aliphatic rings. The lowest BCUT2D eigenvalue weighted by atomic mass is 9.85. The van der Waals surface area contributed by atoms with Crippen molar-refractivity contribution in [1.29, 1.82) is 0 Å². The summed E-state index contributed by atoms with van der Waals surface area (Å²) in [6, 6.07) is 0. The van der Waals surface area contributed by atoms with Crippen molar-refractivity contribution < 1.29 is 14.6 Å². The maximum Gasteiger partial charge on any atom is 0.335 e. The van der Waals surface area contributed by atoms with E-state index < -0.39 is 12.1 Å². The fourth-order valence-corrected chi connectivity index (χ4v) is 2.30. The van der Waals surface area contributed by atoms with Crippen molar-refractivity contribution in [3.05, 3.63) is 0 Å². The van der Waals surface area contributed by atoms with Gasteiger partial charge in [0.1, 0.15) is 6.10 Å². The molecule has 1 rings (SSSR count). The molecule has 16 heavy (non-hydrogen) atoms. The summed E-state index contributed by atoms with van der Waals surface area (Å²) in [5, 5.41) is 9.45. The van der Waals surface area contributed by atoms with Gasteiger partial charge in [-0.2, -0.15) is 0 Å². The van der Waals surface area contributed by atoms with Crippen LogP contribution in [0, 0.1) is 5.92 Å². The Morgan fingerprint density at radius 2 is 2.19 bits per heavy atom. The number of esters is 1. The number of nitrogens with two attached hydrogens (primary N) is 1. The Bertz CT molecular complexity index is 220. The molecule has 4 heteroatoms. The van der Waals surface area contributed by atoms with Crippen molar-refractivity contribution in [3.63, 3.8) is 0 Å². The van der Waals surface area contributed by atoms with E-state index in [0.29, 0.717) is 12.5 Å². The number of ether oxygens (including phenoxy) is 1. The largest absolute Gasteiger partial charge is 0.460 e. The van der Waals surface area contributed by atoms with E-state index in [2.05, 4.69) is 6.92 Å². The van der Waals surface area contributed by atoms with Crippen molar-refractivity contribution >= 4 is 5.97 Å². The Balaban J connectivity index is 2.41. The van der Waals surface area contributed by atoms with Gasteiger partial charge in [-0.1, -0.05) is 13.3 Å². The van der Waals surface area contributed by atoms with E-state index in [4.69, 9.17) is 10.5 Å². The van der Waals surface area contributed by atoms with Gasteiger partial charge >= 0.3 is 5.97 Å². The lowest BCUT2D eigenvalue weighted by Gasteiger charge is -2.30. The molecule has 0 aliphatic heterocycles. The third kappa shape index (κ3) is 3.76. The number of hydrogen-bond donors (Lipinski definition) is 2.